The molecule has 39 heavy (non-hydrogen) atoms. The van der Waals surface area contributed by atoms with Crippen LogP contribution in [0.25, 0.3) is 0 Å². The number of amides is 1. The number of esters is 1. The zero-order valence-corrected chi connectivity index (χ0v) is 26.6. The minimum atomic E-state index is -0.484. The number of phenolic OH excluding ortho intramolecular Hbond substituents is 1. The van der Waals surface area contributed by atoms with E-state index < -0.39 is 16.8 Å². The van der Waals surface area contributed by atoms with E-state index in [9.17, 15) is 14.7 Å². The average Bonchev–Trinajstić information content (AvgIpc) is 2.76. The number of ether oxygens (including phenoxy) is 1. The molecule has 0 heterocycles. The highest BCUT2D eigenvalue weighted by Crippen LogP contribution is 2.43. The molecule has 0 saturated carbocycles. The summed E-state index contributed by atoms with van der Waals surface area (Å²) < 4.78 is 6.27. The lowest BCUT2D eigenvalue weighted by Crippen LogP contribution is -2.27. The van der Waals surface area contributed by atoms with E-state index in [2.05, 4.69) is 53.8 Å². The third-order valence-corrected chi connectivity index (χ3v) is 6.94. The molecule has 0 spiro atoms. The van der Waals surface area contributed by atoms with Crippen molar-refractivity contribution in [2.24, 2.45) is 0 Å². The van der Waals surface area contributed by atoms with Crippen LogP contribution in [0.5, 0.6) is 11.5 Å². The molecule has 0 aliphatic rings. The molecule has 5 heteroatoms. The molecule has 0 aliphatic carbocycles. The molecule has 0 bridgehead atoms. The number of hydrogen-bond acceptors (Lipinski definition) is 4. The van der Waals surface area contributed by atoms with Crippen molar-refractivity contribution in [2.45, 2.75) is 125 Å². The maximum atomic E-state index is 13.9. The van der Waals surface area contributed by atoms with Gasteiger partial charge < -0.3 is 15.2 Å². The van der Waals surface area contributed by atoms with Crippen LogP contribution in [0, 0.1) is 0 Å². The van der Waals surface area contributed by atoms with Crippen molar-refractivity contribution >= 4 is 11.9 Å². The number of carbonyl (C=O) groups is 2. The largest absolute Gasteiger partial charge is 0.507 e. The predicted molar refractivity (Wildman–Crippen MR) is 162 cm³/mol. The molecule has 2 N–H and O–H groups in total. The third-order valence-electron chi connectivity index (χ3n) is 6.94. The van der Waals surface area contributed by atoms with Crippen molar-refractivity contribution in [3.63, 3.8) is 0 Å². The van der Waals surface area contributed by atoms with Gasteiger partial charge in [0, 0.05) is 34.4 Å². The number of aromatic hydroxyl groups is 1. The zero-order chi connectivity index (χ0) is 30.1. The molecule has 0 aliphatic heterocycles. The molecular weight excluding hydrogens is 486 g/mol. The molecule has 5 nitrogen and oxygen atoms in total. The highest BCUT2D eigenvalue weighted by Gasteiger charge is 2.32. The molecule has 1 amide bonds. The summed E-state index contributed by atoms with van der Waals surface area (Å²) in [6.45, 7) is 27.2. The molecule has 0 atom stereocenters. The Morgan fingerprint density at radius 3 is 1.44 bits per heavy atom. The van der Waals surface area contributed by atoms with E-state index in [0.29, 0.717) is 34.5 Å². The number of carbonyl (C=O) groups excluding carboxylic acids is 2. The fourth-order valence-corrected chi connectivity index (χ4v) is 4.51. The molecule has 2 rings (SSSR count). The first-order valence-electron chi connectivity index (χ1n) is 14.2. The summed E-state index contributed by atoms with van der Waals surface area (Å²) in [5.41, 5.74) is 2.43. The van der Waals surface area contributed by atoms with Crippen LogP contribution in [-0.4, -0.2) is 23.5 Å². The van der Waals surface area contributed by atoms with Crippen LogP contribution >= 0.6 is 0 Å². The van der Waals surface area contributed by atoms with E-state index in [0.717, 1.165) is 24.0 Å². The summed E-state index contributed by atoms with van der Waals surface area (Å²) in [6, 6.07) is 7.21. The average molecular weight is 538 g/mol. The van der Waals surface area contributed by atoms with Gasteiger partial charge in [-0.15, -0.1) is 0 Å². The third kappa shape index (κ3) is 7.86. The summed E-state index contributed by atoms with van der Waals surface area (Å²) in [5, 5.41) is 14.1. The number of benzene rings is 2. The van der Waals surface area contributed by atoms with E-state index in [1.165, 1.54) is 0 Å². The molecule has 216 valence electrons. The summed E-state index contributed by atoms with van der Waals surface area (Å²) in [6.07, 6.45) is 1.92. The molecule has 0 unspecified atom stereocenters. The summed E-state index contributed by atoms with van der Waals surface area (Å²) >= 11 is 0. The van der Waals surface area contributed by atoms with Crippen LogP contribution in [0.3, 0.4) is 0 Å². The lowest BCUT2D eigenvalue weighted by atomic mass is 9.78. The second kappa shape index (κ2) is 11.3. The van der Waals surface area contributed by atoms with E-state index in [4.69, 9.17) is 4.74 Å². The van der Waals surface area contributed by atoms with Gasteiger partial charge >= 0.3 is 5.97 Å². The number of unbranched alkanes of at least 4 members (excludes halogenated alkanes) is 1. The summed E-state index contributed by atoms with van der Waals surface area (Å²) in [5.74, 6) is 0.103. The monoisotopic (exact) mass is 537 g/mol. The van der Waals surface area contributed by atoms with E-state index in [-0.39, 0.29) is 22.5 Å². The van der Waals surface area contributed by atoms with Crippen molar-refractivity contribution in [3.8, 4) is 11.5 Å². The molecule has 0 fully saturated rings. The van der Waals surface area contributed by atoms with Crippen LogP contribution in [0.1, 0.15) is 146 Å². The first kappa shape index (κ1) is 32.4. The molecule has 2 aromatic carbocycles. The van der Waals surface area contributed by atoms with E-state index in [1.807, 2.05) is 53.7 Å². The van der Waals surface area contributed by atoms with Gasteiger partial charge in [-0.1, -0.05) is 96.4 Å². The van der Waals surface area contributed by atoms with E-state index in [1.54, 1.807) is 12.1 Å². The number of phenols is 1. The van der Waals surface area contributed by atoms with Crippen molar-refractivity contribution in [3.05, 3.63) is 57.6 Å². The van der Waals surface area contributed by atoms with Gasteiger partial charge in [-0.2, -0.15) is 0 Å². The SMILES string of the molecule is CCCCNC(=O)c1cc(C(C)(C)C)c(OC(=O)c2cc(C(C)(C)C)c(O)c(C(C)(C)C)c2)c(C(C)(C)C)c1. The van der Waals surface area contributed by atoms with Gasteiger partial charge in [0.25, 0.3) is 5.91 Å². The Morgan fingerprint density at radius 2 is 1.08 bits per heavy atom. The summed E-state index contributed by atoms with van der Waals surface area (Å²) in [4.78, 5) is 26.9. The Hall–Kier alpha value is -2.82. The van der Waals surface area contributed by atoms with Gasteiger partial charge in [-0.3, -0.25) is 4.79 Å². The highest BCUT2D eigenvalue weighted by molar-refractivity contribution is 5.96. The minimum Gasteiger partial charge on any atom is -0.507 e. The Balaban J connectivity index is 2.75. The first-order valence-corrected chi connectivity index (χ1v) is 14.2. The van der Waals surface area contributed by atoms with Crippen LogP contribution in [0.15, 0.2) is 24.3 Å². The maximum absolute atomic E-state index is 13.9. The number of hydrogen-bond donors (Lipinski definition) is 2. The Bertz CT molecular complexity index is 1140. The Labute approximate surface area is 236 Å². The van der Waals surface area contributed by atoms with Gasteiger partial charge in [0.05, 0.1) is 5.56 Å². The van der Waals surface area contributed by atoms with E-state index >= 15 is 0 Å². The fraction of sp³-hybridized carbons (Fsp3) is 0.588. The van der Waals surface area contributed by atoms with Gasteiger partial charge in [-0.05, 0) is 52.3 Å². The number of rotatable bonds is 6. The smallest absolute Gasteiger partial charge is 0.343 e. The van der Waals surface area contributed by atoms with Crippen molar-refractivity contribution in [1.82, 2.24) is 5.32 Å². The molecule has 0 saturated heterocycles. The first-order chi connectivity index (χ1) is 17.6. The quantitative estimate of drug-likeness (QED) is 0.221. The Kier molecular flexibility index (Phi) is 9.43. The van der Waals surface area contributed by atoms with Crippen LogP contribution in [0.4, 0.5) is 0 Å². The van der Waals surface area contributed by atoms with Crippen molar-refractivity contribution in [2.75, 3.05) is 6.54 Å². The molecule has 2 aromatic rings. The van der Waals surface area contributed by atoms with Gasteiger partial charge in [0.1, 0.15) is 11.5 Å². The second-order valence-corrected chi connectivity index (χ2v) is 14.8. The van der Waals surface area contributed by atoms with Crippen molar-refractivity contribution < 1.29 is 19.4 Å². The normalized spacial score (nSPS) is 12.8. The van der Waals surface area contributed by atoms with Gasteiger partial charge in [-0.25, -0.2) is 4.79 Å². The van der Waals surface area contributed by atoms with Crippen LogP contribution in [0.2, 0.25) is 0 Å². The topological polar surface area (TPSA) is 75.6 Å². The maximum Gasteiger partial charge on any atom is 0.343 e. The van der Waals surface area contributed by atoms with Crippen LogP contribution < -0.4 is 10.1 Å². The Morgan fingerprint density at radius 1 is 0.692 bits per heavy atom. The lowest BCUT2D eigenvalue weighted by Gasteiger charge is -2.30. The second-order valence-electron chi connectivity index (χ2n) is 14.8. The highest BCUT2D eigenvalue weighted by atomic mass is 16.5. The summed E-state index contributed by atoms with van der Waals surface area (Å²) in [7, 11) is 0. The van der Waals surface area contributed by atoms with Crippen molar-refractivity contribution in [1.29, 1.82) is 0 Å². The zero-order valence-electron chi connectivity index (χ0n) is 26.6. The van der Waals surface area contributed by atoms with Gasteiger partial charge in [0.2, 0.25) is 0 Å². The van der Waals surface area contributed by atoms with Crippen LogP contribution in [-0.2, 0) is 21.7 Å². The lowest BCUT2D eigenvalue weighted by molar-refractivity contribution is 0.0728. The van der Waals surface area contributed by atoms with Gasteiger partial charge in [0.15, 0.2) is 0 Å². The standard InChI is InChI=1S/C34H51NO4/c1-14-15-16-35-29(37)21-17-25(33(8,9)10)28(26(18-21)34(11,12)13)39-30(38)22-19-23(31(2,3)4)27(36)24(20-22)32(5,6)7/h17-20,36H,14-16H2,1-13H3,(H,35,37). The minimum absolute atomic E-state index is 0.125. The molecule has 0 radical (unpaired) electrons. The predicted octanol–water partition coefficient (Wildman–Crippen LogP) is 8.33. The molecule has 0 aromatic heterocycles. The molecular formula is C34H51NO4. The fourth-order valence-electron chi connectivity index (χ4n) is 4.51. The number of nitrogens with one attached hydrogen (secondary N) is 1.